The first-order valence-electron chi connectivity index (χ1n) is 7.55. The minimum absolute atomic E-state index is 0.0671. The molecule has 5 nitrogen and oxygen atoms in total. The lowest BCUT2D eigenvalue weighted by molar-refractivity contribution is -0.124. The molecule has 0 aliphatic rings. The number of aliphatic hydroxyl groups is 1. The number of nitrogens with zero attached hydrogens (tertiary/aromatic N) is 2. The van der Waals surface area contributed by atoms with Gasteiger partial charge in [0, 0.05) is 12.4 Å². The quantitative estimate of drug-likeness (QED) is 0.861. The average Bonchev–Trinajstić information content (AvgIpc) is 3.01. The molecule has 0 aliphatic heterocycles. The molecule has 0 aliphatic carbocycles. The van der Waals surface area contributed by atoms with Gasteiger partial charge in [-0.25, -0.2) is 4.68 Å². The molecule has 2 aromatic rings. The Labute approximate surface area is 131 Å². The maximum absolute atomic E-state index is 12.0. The number of carbonyl (C=O) groups excluding carboxylic acids is 1. The van der Waals surface area contributed by atoms with Crippen molar-refractivity contribution >= 4 is 5.91 Å². The largest absolute Gasteiger partial charge is 0.392 e. The number of hydrogen-bond acceptors (Lipinski definition) is 3. The SMILES string of the molecule is CC(NC(=O)CC(O)C(C)C)c1ccccc1-n1cccn1. The van der Waals surface area contributed by atoms with Crippen molar-refractivity contribution in [1.82, 2.24) is 15.1 Å². The topological polar surface area (TPSA) is 67.2 Å². The number of para-hydroxylation sites is 1. The smallest absolute Gasteiger partial charge is 0.223 e. The lowest BCUT2D eigenvalue weighted by Crippen LogP contribution is -2.31. The highest BCUT2D eigenvalue weighted by Crippen LogP contribution is 2.21. The number of aromatic nitrogens is 2. The monoisotopic (exact) mass is 301 g/mol. The molecule has 0 bridgehead atoms. The predicted octanol–water partition coefficient (Wildman–Crippen LogP) is 2.46. The van der Waals surface area contributed by atoms with Gasteiger partial charge in [0.2, 0.25) is 5.91 Å². The normalized spacial score (nSPS) is 13.9. The highest BCUT2D eigenvalue weighted by molar-refractivity contribution is 5.77. The van der Waals surface area contributed by atoms with Crippen LogP contribution in [0.3, 0.4) is 0 Å². The van der Waals surface area contributed by atoms with Crippen molar-refractivity contribution in [3.63, 3.8) is 0 Å². The van der Waals surface area contributed by atoms with Crippen LogP contribution in [0.1, 0.15) is 38.8 Å². The van der Waals surface area contributed by atoms with Gasteiger partial charge in [0.15, 0.2) is 0 Å². The zero-order valence-electron chi connectivity index (χ0n) is 13.2. The van der Waals surface area contributed by atoms with E-state index in [0.717, 1.165) is 11.3 Å². The van der Waals surface area contributed by atoms with E-state index in [0.29, 0.717) is 0 Å². The molecule has 2 atom stereocenters. The van der Waals surface area contributed by atoms with Crippen LogP contribution >= 0.6 is 0 Å². The standard InChI is InChI=1S/C17H23N3O2/c1-12(2)16(21)11-17(22)19-13(3)14-7-4-5-8-15(14)20-10-6-9-18-20/h4-10,12-13,16,21H,11H2,1-3H3,(H,19,22). The molecule has 2 N–H and O–H groups in total. The van der Waals surface area contributed by atoms with E-state index in [1.54, 1.807) is 10.9 Å². The fourth-order valence-corrected chi connectivity index (χ4v) is 2.28. The van der Waals surface area contributed by atoms with Gasteiger partial charge in [-0.05, 0) is 30.5 Å². The Morgan fingerprint density at radius 3 is 2.64 bits per heavy atom. The zero-order valence-corrected chi connectivity index (χ0v) is 13.2. The second kappa shape index (κ2) is 7.22. The first-order valence-corrected chi connectivity index (χ1v) is 7.55. The lowest BCUT2D eigenvalue weighted by atomic mass is 10.0. The number of benzene rings is 1. The van der Waals surface area contributed by atoms with E-state index in [4.69, 9.17) is 0 Å². The number of nitrogens with one attached hydrogen (secondary N) is 1. The molecule has 5 heteroatoms. The van der Waals surface area contributed by atoms with Crippen LogP contribution in [0.2, 0.25) is 0 Å². The van der Waals surface area contributed by atoms with E-state index in [1.165, 1.54) is 0 Å². The molecule has 0 radical (unpaired) electrons. The minimum Gasteiger partial charge on any atom is -0.392 e. The molecule has 2 unspecified atom stereocenters. The van der Waals surface area contributed by atoms with Crippen LogP contribution in [0.5, 0.6) is 0 Å². The summed E-state index contributed by atoms with van der Waals surface area (Å²) >= 11 is 0. The highest BCUT2D eigenvalue weighted by Gasteiger charge is 2.18. The molecule has 22 heavy (non-hydrogen) atoms. The van der Waals surface area contributed by atoms with Crippen molar-refractivity contribution in [2.24, 2.45) is 5.92 Å². The number of amides is 1. The van der Waals surface area contributed by atoms with Crippen molar-refractivity contribution in [2.75, 3.05) is 0 Å². The third-order valence-corrected chi connectivity index (χ3v) is 3.70. The van der Waals surface area contributed by atoms with Gasteiger partial charge in [0.05, 0.1) is 24.3 Å². The summed E-state index contributed by atoms with van der Waals surface area (Å²) < 4.78 is 1.78. The van der Waals surface area contributed by atoms with Gasteiger partial charge >= 0.3 is 0 Å². The van der Waals surface area contributed by atoms with Crippen molar-refractivity contribution in [1.29, 1.82) is 0 Å². The molecular formula is C17H23N3O2. The van der Waals surface area contributed by atoms with Crippen molar-refractivity contribution in [3.8, 4) is 5.69 Å². The molecule has 118 valence electrons. The number of rotatable bonds is 6. The Bertz CT molecular complexity index is 608. The van der Waals surface area contributed by atoms with E-state index < -0.39 is 6.10 Å². The fourth-order valence-electron chi connectivity index (χ4n) is 2.28. The van der Waals surface area contributed by atoms with Crippen LogP contribution in [0.15, 0.2) is 42.7 Å². The third-order valence-electron chi connectivity index (χ3n) is 3.70. The van der Waals surface area contributed by atoms with Crippen molar-refractivity contribution in [3.05, 3.63) is 48.3 Å². The van der Waals surface area contributed by atoms with Crippen molar-refractivity contribution < 1.29 is 9.90 Å². The lowest BCUT2D eigenvalue weighted by Gasteiger charge is -2.20. The summed E-state index contributed by atoms with van der Waals surface area (Å²) in [5, 5.41) is 17.0. The number of carbonyl (C=O) groups is 1. The molecule has 0 spiro atoms. The Morgan fingerprint density at radius 1 is 1.27 bits per heavy atom. The fraction of sp³-hybridized carbons (Fsp3) is 0.412. The van der Waals surface area contributed by atoms with E-state index in [9.17, 15) is 9.90 Å². The van der Waals surface area contributed by atoms with Crippen LogP contribution in [0, 0.1) is 5.92 Å². The zero-order chi connectivity index (χ0) is 16.1. The summed E-state index contributed by atoms with van der Waals surface area (Å²) in [6, 6.07) is 9.52. The Hall–Kier alpha value is -2.14. The van der Waals surface area contributed by atoms with Crippen LogP contribution < -0.4 is 5.32 Å². The molecule has 1 aromatic carbocycles. The van der Waals surface area contributed by atoms with E-state index in [1.807, 2.05) is 57.3 Å². The average molecular weight is 301 g/mol. The van der Waals surface area contributed by atoms with Gasteiger partial charge in [-0.1, -0.05) is 32.0 Å². The van der Waals surface area contributed by atoms with Gasteiger partial charge in [-0.3, -0.25) is 4.79 Å². The molecule has 1 amide bonds. The van der Waals surface area contributed by atoms with Crippen molar-refractivity contribution in [2.45, 2.75) is 39.3 Å². The van der Waals surface area contributed by atoms with Crippen LogP contribution in [0.25, 0.3) is 5.69 Å². The number of hydrogen-bond donors (Lipinski definition) is 2. The molecule has 1 heterocycles. The summed E-state index contributed by atoms with van der Waals surface area (Å²) in [6.45, 7) is 5.73. The van der Waals surface area contributed by atoms with E-state index >= 15 is 0 Å². The van der Waals surface area contributed by atoms with Crippen LogP contribution in [0.4, 0.5) is 0 Å². The second-order valence-corrected chi connectivity index (χ2v) is 5.81. The molecule has 2 rings (SSSR count). The Balaban J connectivity index is 2.10. The summed E-state index contributed by atoms with van der Waals surface area (Å²) in [4.78, 5) is 12.0. The maximum Gasteiger partial charge on any atom is 0.223 e. The predicted molar refractivity (Wildman–Crippen MR) is 85.6 cm³/mol. The van der Waals surface area contributed by atoms with Gasteiger partial charge in [0.25, 0.3) is 0 Å². The summed E-state index contributed by atoms with van der Waals surface area (Å²) in [7, 11) is 0. The molecule has 0 fully saturated rings. The summed E-state index contributed by atoms with van der Waals surface area (Å²) in [6.07, 6.45) is 3.09. The molecule has 1 aromatic heterocycles. The summed E-state index contributed by atoms with van der Waals surface area (Å²) in [5.74, 6) is -0.0821. The maximum atomic E-state index is 12.0. The van der Waals surface area contributed by atoms with Gasteiger partial charge in [-0.15, -0.1) is 0 Å². The number of aliphatic hydroxyl groups excluding tert-OH is 1. The van der Waals surface area contributed by atoms with Crippen LogP contribution in [-0.4, -0.2) is 26.9 Å². The second-order valence-electron chi connectivity index (χ2n) is 5.81. The van der Waals surface area contributed by atoms with Gasteiger partial charge in [0.1, 0.15) is 0 Å². The molecular weight excluding hydrogens is 278 g/mol. The summed E-state index contributed by atoms with van der Waals surface area (Å²) in [5.41, 5.74) is 1.92. The molecule has 0 saturated carbocycles. The highest BCUT2D eigenvalue weighted by atomic mass is 16.3. The first-order chi connectivity index (χ1) is 10.5. The Kier molecular flexibility index (Phi) is 5.33. The van der Waals surface area contributed by atoms with Gasteiger partial charge in [-0.2, -0.15) is 5.10 Å². The Morgan fingerprint density at radius 2 is 2.00 bits per heavy atom. The van der Waals surface area contributed by atoms with Gasteiger partial charge < -0.3 is 10.4 Å². The van der Waals surface area contributed by atoms with E-state index in [2.05, 4.69) is 10.4 Å². The minimum atomic E-state index is -0.617. The van der Waals surface area contributed by atoms with Crippen LogP contribution in [-0.2, 0) is 4.79 Å². The molecule has 0 saturated heterocycles. The third kappa shape index (κ3) is 3.95. The first kappa shape index (κ1) is 16.2. The van der Waals surface area contributed by atoms with E-state index in [-0.39, 0.29) is 24.3 Å².